The van der Waals surface area contributed by atoms with Crippen LogP contribution in [0.1, 0.15) is 43.0 Å². The molecule has 0 heterocycles. The first-order valence-corrected chi connectivity index (χ1v) is 7.92. The maximum absolute atomic E-state index is 11.3. The van der Waals surface area contributed by atoms with Crippen LogP contribution in [0.5, 0.6) is 0 Å². The van der Waals surface area contributed by atoms with Crippen molar-refractivity contribution in [1.29, 1.82) is 0 Å². The van der Waals surface area contributed by atoms with Gasteiger partial charge in [0.1, 0.15) is 0 Å². The number of benzene rings is 1. The quantitative estimate of drug-likeness (QED) is 0.878. The van der Waals surface area contributed by atoms with Gasteiger partial charge in [-0.15, -0.1) is 0 Å². The van der Waals surface area contributed by atoms with Gasteiger partial charge in [0.15, 0.2) is 0 Å². The van der Waals surface area contributed by atoms with E-state index in [0.29, 0.717) is 22.7 Å². The van der Waals surface area contributed by atoms with Gasteiger partial charge in [0.25, 0.3) is 0 Å². The Kier molecular flexibility index (Phi) is 3.84. The van der Waals surface area contributed by atoms with E-state index in [1.54, 1.807) is 18.2 Å². The Morgan fingerprint density at radius 1 is 1.52 bits per heavy atom. The summed E-state index contributed by atoms with van der Waals surface area (Å²) in [6.07, 6.45) is 5.00. The zero-order valence-electron chi connectivity index (χ0n) is 12.2. The highest BCUT2D eigenvalue weighted by Crippen LogP contribution is 2.58. The summed E-state index contributed by atoms with van der Waals surface area (Å²) in [4.78, 5) is 11.3. The van der Waals surface area contributed by atoms with Crippen molar-refractivity contribution in [3.8, 4) is 0 Å². The molecule has 21 heavy (non-hydrogen) atoms. The van der Waals surface area contributed by atoms with Crippen molar-refractivity contribution < 1.29 is 9.53 Å². The van der Waals surface area contributed by atoms with Crippen LogP contribution < -0.4 is 11.1 Å². The third-order valence-corrected chi connectivity index (χ3v) is 5.35. The molecule has 3 N–H and O–H groups in total. The zero-order valence-corrected chi connectivity index (χ0v) is 13.0. The van der Waals surface area contributed by atoms with Crippen LogP contribution in [-0.2, 0) is 4.74 Å². The molecule has 0 saturated heterocycles. The molecular formula is C16H21ClN2O2. The number of carbonyl (C=O) groups is 1. The molecule has 3 rings (SSSR count). The Balaban J connectivity index is 1.75. The summed E-state index contributed by atoms with van der Waals surface area (Å²) in [6.45, 7) is 2.80. The van der Waals surface area contributed by atoms with Crippen LogP contribution in [0.4, 0.5) is 5.69 Å². The lowest BCUT2D eigenvalue weighted by Gasteiger charge is -2.61. The summed E-state index contributed by atoms with van der Waals surface area (Å²) in [5, 5.41) is 4.12. The molecule has 1 amide bonds. The predicted molar refractivity (Wildman–Crippen MR) is 83.7 cm³/mol. The van der Waals surface area contributed by atoms with E-state index in [1.165, 1.54) is 19.3 Å². The summed E-state index contributed by atoms with van der Waals surface area (Å²) in [5.41, 5.74) is 6.85. The first-order chi connectivity index (χ1) is 10.1. The Labute approximate surface area is 130 Å². The van der Waals surface area contributed by atoms with Crippen LogP contribution >= 0.6 is 11.6 Å². The monoisotopic (exact) mass is 308 g/mol. The molecule has 2 saturated carbocycles. The second-order valence-electron chi connectivity index (χ2n) is 6.02. The Bertz CT molecular complexity index is 557. The molecule has 1 aromatic carbocycles. The van der Waals surface area contributed by atoms with Crippen LogP contribution in [0.2, 0.25) is 5.02 Å². The van der Waals surface area contributed by atoms with Crippen molar-refractivity contribution in [2.45, 2.75) is 44.8 Å². The molecule has 0 aromatic heterocycles. The van der Waals surface area contributed by atoms with E-state index in [1.807, 2.05) is 6.92 Å². The lowest BCUT2D eigenvalue weighted by Crippen LogP contribution is -2.64. The molecule has 0 radical (unpaired) electrons. The molecule has 1 spiro atoms. The fourth-order valence-corrected chi connectivity index (χ4v) is 3.79. The fraction of sp³-hybridized carbons (Fsp3) is 0.562. The van der Waals surface area contributed by atoms with Crippen LogP contribution in [0.15, 0.2) is 18.2 Å². The highest BCUT2D eigenvalue weighted by Gasteiger charge is 2.58. The normalized spacial score (nSPS) is 26.0. The molecule has 1 aromatic rings. The second kappa shape index (κ2) is 5.50. The summed E-state index contributed by atoms with van der Waals surface area (Å²) < 4.78 is 5.85. The lowest BCUT2D eigenvalue weighted by molar-refractivity contribution is -0.157. The van der Waals surface area contributed by atoms with Gasteiger partial charge in [-0.1, -0.05) is 18.0 Å². The second-order valence-corrected chi connectivity index (χ2v) is 6.43. The minimum Gasteiger partial charge on any atom is -0.380 e. The van der Waals surface area contributed by atoms with E-state index in [-0.39, 0.29) is 5.41 Å². The SMILES string of the molecule is CCOC1CC(Nc2cc(C(N)=O)ccc2Cl)C12CCC2. The largest absolute Gasteiger partial charge is 0.380 e. The fourth-order valence-electron chi connectivity index (χ4n) is 3.62. The minimum atomic E-state index is -0.436. The van der Waals surface area contributed by atoms with Crippen molar-refractivity contribution in [1.82, 2.24) is 0 Å². The van der Waals surface area contributed by atoms with Gasteiger partial charge in [0, 0.05) is 23.6 Å². The smallest absolute Gasteiger partial charge is 0.248 e. The van der Waals surface area contributed by atoms with Crippen molar-refractivity contribution in [2.24, 2.45) is 11.1 Å². The minimum absolute atomic E-state index is 0.252. The topological polar surface area (TPSA) is 64.3 Å². The molecule has 2 atom stereocenters. The van der Waals surface area contributed by atoms with Gasteiger partial charge in [0.05, 0.1) is 16.8 Å². The van der Waals surface area contributed by atoms with E-state index in [2.05, 4.69) is 5.32 Å². The molecule has 0 aliphatic heterocycles. The third kappa shape index (κ3) is 2.40. The standard InChI is InChI=1S/C16H21ClN2O2/c1-2-21-14-9-13(16(14)6-3-7-16)19-12-8-10(15(18)20)4-5-11(12)17/h4-5,8,13-14,19H,2-3,6-7,9H2,1H3,(H2,18,20). The van der Waals surface area contributed by atoms with Gasteiger partial charge in [-0.2, -0.15) is 0 Å². The number of halogens is 1. The molecule has 5 heteroatoms. The van der Waals surface area contributed by atoms with E-state index in [9.17, 15) is 4.79 Å². The molecule has 2 fully saturated rings. The molecule has 2 aliphatic carbocycles. The number of primary amides is 1. The Morgan fingerprint density at radius 3 is 2.86 bits per heavy atom. The molecule has 2 aliphatic rings. The van der Waals surface area contributed by atoms with Crippen molar-refractivity contribution in [3.05, 3.63) is 28.8 Å². The number of rotatable bonds is 5. The van der Waals surface area contributed by atoms with E-state index in [0.717, 1.165) is 18.7 Å². The molecule has 4 nitrogen and oxygen atoms in total. The van der Waals surface area contributed by atoms with Crippen molar-refractivity contribution in [2.75, 3.05) is 11.9 Å². The molecular weight excluding hydrogens is 288 g/mol. The lowest BCUT2D eigenvalue weighted by atomic mass is 9.51. The number of amides is 1. The average molecular weight is 309 g/mol. The summed E-state index contributed by atoms with van der Waals surface area (Å²) in [6, 6.07) is 5.48. The number of nitrogens with two attached hydrogens (primary N) is 1. The van der Waals surface area contributed by atoms with E-state index < -0.39 is 5.91 Å². The third-order valence-electron chi connectivity index (χ3n) is 5.02. The first kappa shape index (κ1) is 14.7. The van der Waals surface area contributed by atoms with Gasteiger partial charge < -0.3 is 15.8 Å². The number of carbonyl (C=O) groups excluding carboxylic acids is 1. The molecule has 0 bridgehead atoms. The van der Waals surface area contributed by atoms with Gasteiger partial charge >= 0.3 is 0 Å². The maximum Gasteiger partial charge on any atom is 0.248 e. The van der Waals surface area contributed by atoms with Crippen LogP contribution in [0.25, 0.3) is 0 Å². The van der Waals surface area contributed by atoms with Gasteiger partial charge in [0.2, 0.25) is 5.91 Å². The summed E-state index contributed by atoms with van der Waals surface area (Å²) >= 11 is 6.23. The molecule has 114 valence electrons. The number of nitrogens with one attached hydrogen (secondary N) is 1. The number of hydrogen-bond acceptors (Lipinski definition) is 3. The van der Waals surface area contributed by atoms with E-state index >= 15 is 0 Å². The predicted octanol–water partition coefficient (Wildman–Crippen LogP) is 3.20. The summed E-state index contributed by atoms with van der Waals surface area (Å²) in [7, 11) is 0. The molecule has 2 unspecified atom stereocenters. The van der Waals surface area contributed by atoms with Gasteiger partial charge in [-0.25, -0.2) is 0 Å². The van der Waals surface area contributed by atoms with Gasteiger partial charge in [-0.05, 0) is 44.4 Å². The van der Waals surface area contributed by atoms with Crippen LogP contribution in [0.3, 0.4) is 0 Å². The number of anilines is 1. The average Bonchev–Trinajstić information content (AvgIpc) is 2.37. The zero-order chi connectivity index (χ0) is 15.0. The highest BCUT2D eigenvalue weighted by molar-refractivity contribution is 6.33. The van der Waals surface area contributed by atoms with Crippen molar-refractivity contribution in [3.63, 3.8) is 0 Å². The highest BCUT2D eigenvalue weighted by atomic mass is 35.5. The first-order valence-electron chi connectivity index (χ1n) is 7.54. The number of ether oxygens (including phenoxy) is 1. The van der Waals surface area contributed by atoms with Gasteiger partial charge in [-0.3, -0.25) is 4.79 Å². The summed E-state index contributed by atoms with van der Waals surface area (Å²) in [5.74, 6) is -0.436. The number of hydrogen-bond donors (Lipinski definition) is 2. The Hall–Kier alpha value is -1.26. The Morgan fingerprint density at radius 2 is 2.29 bits per heavy atom. The maximum atomic E-state index is 11.3. The van der Waals surface area contributed by atoms with Crippen LogP contribution in [-0.4, -0.2) is 24.7 Å². The van der Waals surface area contributed by atoms with E-state index in [4.69, 9.17) is 22.1 Å². The van der Waals surface area contributed by atoms with Crippen LogP contribution in [0, 0.1) is 5.41 Å². The van der Waals surface area contributed by atoms with Crippen molar-refractivity contribution >= 4 is 23.2 Å².